The Kier molecular flexibility index (Phi) is 6.45. The van der Waals surface area contributed by atoms with E-state index in [4.69, 9.17) is 21.5 Å². The van der Waals surface area contributed by atoms with Gasteiger partial charge in [0.2, 0.25) is 10.0 Å². The lowest BCUT2D eigenvalue weighted by atomic mass is 10.3. The molecule has 9 heteroatoms. The number of carbonyl (C=O) groups is 1. The zero-order valence-corrected chi connectivity index (χ0v) is 14.8. The maximum Gasteiger partial charge on any atom is 0.260 e. The van der Waals surface area contributed by atoms with Crippen molar-refractivity contribution in [2.75, 3.05) is 19.7 Å². The first kappa shape index (κ1) is 18.2. The first-order chi connectivity index (χ1) is 9.70. The van der Waals surface area contributed by atoms with Gasteiger partial charge in [-0.1, -0.05) is 27.5 Å². The summed E-state index contributed by atoms with van der Waals surface area (Å²) in [5.74, 6) is -0.387. The van der Waals surface area contributed by atoms with Crippen LogP contribution in [0.15, 0.2) is 21.5 Å². The van der Waals surface area contributed by atoms with Gasteiger partial charge in [0.1, 0.15) is 4.90 Å². The van der Waals surface area contributed by atoms with Gasteiger partial charge in [-0.25, -0.2) is 13.6 Å². The van der Waals surface area contributed by atoms with E-state index in [1.54, 1.807) is 4.90 Å². The van der Waals surface area contributed by atoms with Crippen LogP contribution in [0.3, 0.4) is 0 Å². The summed E-state index contributed by atoms with van der Waals surface area (Å²) in [5.41, 5.74) is 0. The molecule has 21 heavy (non-hydrogen) atoms. The minimum atomic E-state index is -4.02. The fourth-order valence-electron chi connectivity index (χ4n) is 1.69. The molecule has 0 radical (unpaired) electrons. The molecular weight excluding hydrogens is 384 g/mol. The topological polar surface area (TPSA) is 89.7 Å². The van der Waals surface area contributed by atoms with E-state index in [1.807, 2.05) is 13.8 Å². The normalized spacial score (nSPS) is 11.3. The quantitative estimate of drug-likeness (QED) is 0.792. The van der Waals surface area contributed by atoms with Crippen molar-refractivity contribution in [3.05, 3.63) is 21.6 Å². The Morgan fingerprint density at radius 3 is 2.43 bits per heavy atom. The maximum absolute atomic E-state index is 11.9. The number of amides is 1. The highest BCUT2D eigenvalue weighted by molar-refractivity contribution is 9.10. The van der Waals surface area contributed by atoms with E-state index in [-0.39, 0.29) is 28.2 Å². The molecule has 1 rings (SSSR count). The van der Waals surface area contributed by atoms with E-state index in [0.29, 0.717) is 17.6 Å². The number of hydrogen-bond donors (Lipinski definition) is 1. The van der Waals surface area contributed by atoms with E-state index in [2.05, 4.69) is 15.9 Å². The molecule has 0 aliphatic carbocycles. The summed E-state index contributed by atoms with van der Waals surface area (Å²) in [4.78, 5) is 13.2. The van der Waals surface area contributed by atoms with Crippen LogP contribution >= 0.6 is 27.5 Å². The van der Waals surface area contributed by atoms with Crippen molar-refractivity contribution < 1.29 is 17.9 Å². The number of rotatable bonds is 6. The molecule has 0 aromatic heterocycles. The molecule has 1 aromatic rings. The molecule has 2 N–H and O–H groups in total. The number of carbonyl (C=O) groups excluding carboxylic acids is 1. The molecule has 0 saturated heterocycles. The Hall–Kier alpha value is -0.830. The number of halogens is 2. The van der Waals surface area contributed by atoms with Gasteiger partial charge in [-0.3, -0.25) is 4.79 Å². The summed E-state index contributed by atoms with van der Waals surface area (Å²) in [5, 5.41) is 5.19. The SMILES string of the molecule is CCN(CC)C(=O)COc1c(Cl)cc(Br)cc1S(N)(=O)=O. The molecule has 0 saturated carbocycles. The second-order valence-electron chi connectivity index (χ2n) is 4.11. The van der Waals surface area contributed by atoms with Gasteiger partial charge in [0.05, 0.1) is 5.02 Å². The van der Waals surface area contributed by atoms with Crippen LogP contribution in [0.25, 0.3) is 0 Å². The Bertz CT molecular complexity index is 632. The highest BCUT2D eigenvalue weighted by Crippen LogP contribution is 2.34. The standard InChI is InChI=1S/C12H16BrClN2O4S/c1-3-16(4-2)11(17)7-20-12-9(14)5-8(13)6-10(12)21(15,18)19/h5-6H,3-4,7H2,1-2H3,(H2,15,18,19). The molecule has 0 atom stereocenters. The molecule has 1 aromatic carbocycles. The van der Waals surface area contributed by atoms with Crippen LogP contribution in [0.5, 0.6) is 5.75 Å². The lowest BCUT2D eigenvalue weighted by molar-refractivity contribution is -0.133. The van der Waals surface area contributed by atoms with Crippen LogP contribution in [0.4, 0.5) is 0 Å². The van der Waals surface area contributed by atoms with Gasteiger partial charge >= 0.3 is 0 Å². The number of nitrogens with zero attached hydrogens (tertiary/aromatic N) is 1. The minimum Gasteiger partial charge on any atom is -0.481 e. The predicted molar refractivity (Wildman–Crippen MR) is 83.9 cm³/mol. The number of likely N-dealkylation sites (N-methyl/N-ethyl adjacent to an activating group) is 1. The van der Waals surface area contributed by atoms with Crippen molar-refractivity contribution in [1.82, 2.24) is 4.90 Å². The average molecular weight is 400 g/mol. The van der Waals surface area contributed by atoms with Crippen molar-refractivity contribution in [3.8, 4) is 5.75 Å². The van der Waals surface area contributed by atoms with Gasteiger partial charge in [-0.05, 0) is 26.0 Å². The molecule has 1 amide bonds. The van der Waals surface area contributed by atoms with Gasteiger partial charge < -0.3 is 9.64 Å². The van der Waals surface area contributed by atoms with Crippen molar-refractivity contribution in [2.45, 2.75) is 18.7 Å². The lowest BCUT2D eigenvalue weighted by Gasteiger charge is -2.19. The summed E-state index contributed by atoms with van der Waals surface area (Å²) < 4.78 is 28.9. The summed E-state index contributed by atoms with van der Waals surface area (Å²) in [6.45, 7) is 4.43. The van der Waals surface area contributed by atoms with Crippen LogP contribution in [0.2, 0.25) is 5.02 Å². The fraction of sp³-hybridized carbons (Fsp3) is 0.417. The average Bonchev–Trinajstić information content (AvgIpc) is 2.37. The number of nitrogens with two attached hydrogens (primary N) is 1. The number of hydrogen-bond acceptors (Lipinski definition) is 4. The summed E-state index contributed by atoms with van der Waals surface area (Å²) >= 11 is 9.10. The number of primary sulfonamides is 1. The second kappa shape index (κ2) is 7.44. The second-order valence-corrected chi connectivity index (χ2v) is 6.97. The Morgan fingerprint density at radius 2 is 1.95 bits per heavy atom. The number of ether oxygens (including phenoxy) is 1. The van der Waals surface area contributed by atoms with Crippen molar-refractivity contribution in [3.63, 3.8) is 0 Å². The van der Waals surface area contributed by atoms with Crippen LogP contribution < -0.4 is 9.88 Å². The largest absolute Gasteiger partial charge is 0.481 e. The van der Waals surface area contributed by atoms with Gasteiger partial charge in [0, 0.05) is 17.6 Å². The summed E-state index contributed by atoms with van der Waals surface area (Å²) in [6, 6.07) is 2.74. The highest BCUT2D eigenvalue weighted by Gasteiger charge is 2.21. The first-order valence-electron chi connectivity index (χ1n) is 6.13. The fourth-order valence-corrected chi connectivity index (χ4v) is 3.48. The molecule has 118 valence electrons. The smallest absolute Gasteiger partial charge is 0.260 e. The van der Waals surface area contributed by atoms with E-state index in [0.717, 1.165) is 0 Å². The molecular formula is C12H16BrClN2O4S. The van der Waals surface area contributed by atoms with Crippen molar-refractivity contribution >= 4 is 43.5 Å². The molecule has 0 heterocycles. The van der Waals surface area contributed by atoms with E-state index in [1.165, 1.54) is 12.1 Å². The third-order valence-corrected chi connectivity index (χ3v) is 4.39. The monoisotopic (exact) mass is 398 g/mol. The molecule has 0 unspecified atom stereocenters. The van der Waals surface area contributed by atoms with Crippen molar-refractivity contribution in [1.29, 1.82) is 0 Å². The first-order valence-corrected chi connectivity index (χ1v) is 8.84. The van der Waals surface area contributed by atoms with Crippen LogP contribution in [0, 0.1) is 0 Å². The predicted octanol–water partition coefficient (Wildman–Crippen LogP) is 2.00. The molecule has 0 spiro atoms. The molecule has 6 nitrogen and oxygen atoms in total. The Morgan fingerprint density at radius 1 is 1.38 bits per heavy atom. The van der Waals surface area contributed by atoms with E-state index < -0.39 is 10.0 Å². The van der Waals surface area contributed by atoms with Gasteiger partial charge in [-0.15, -0.1) is 0 Å². The van der Waals surface area contributed by atoms with Gasteiger partial charge in [-0.2, -0.15) is 0 Å². The van der Waals surface area contributed by atoms with Crippen LogP contribution in [-0.4, -0.2) is 38.9 Å². The zero-order valence-electron chi connectivity index (χ0n) is 11.6. The zero-order chi connectivity index (χ0) is 16.2. The lowest BCUT2D eigenvalue weighted by Crippen LogP contribution is -2.34. The van der Waals surface area contributed by atoms with E-state index >= 15 is 0 Å². The molecule has 0 bridgehead atoms. The molecule has 0 aliphatic heterocycles. The Balaban J connectivity index is 3.06. The summed E-state index contributed by atoms with van der Waals surface area (Å²) in [6.07, 6.45) is 0. The van der Waals surface area contributed by atoms with Crippen LogP contribution in [-0.2, 0) is 14.8 Å². The molecule has 0 aliphatic rings. The molecule has 0 fully saturated rings. The minimum absolute atomic E-state index is 0.0562. The third-order valence-electron chi connectivity index (χ3n) is 2.74. The van der Waals surface area contributed by atoms with Gasteiger partial charge in [0.15, 0.2) is 12.4 Å². The maximum atomic E-state index is 11.9. The number of sulfonamides is 1. The highest BCUT2D eigenvalue weighted by atomic mass is 79.9. The van der Waals surface area contributed by atoms with E-state index in [9.17, 15) is 13.2 Å². The summed E-state index contributed by atoms with van der Waals surface area (Å²) in [7, 11) is -4.02. The van der Waals surface area contributed by atoms with Crippen LogP contribution in [0.1, 0.15) is 13.8 Å². The van der Waals surface area contributed by atoms with Gasteiger partial charge in [0.25, 0.3) is 5.91 Å². The third kappa shape index (κ3) is 4.84. The number of benzene rings is 1. The van der Waals surface area contributed by atoms with Crippen molar-refractivity contribution in [2.24, 2.45) is 5.14 Å². The Labute approximate surface area is 137 Å².